The van der Waals surface area contributed by atoms with Crippen LogP contribution in [-0.2, 0) is 4.74 Å². The van der Waals surface area contributed by atoms with E-state index < -0.39 is 0 Å². The molecule has 8 nitrogen and oxygen atoms in total. The Labute approximate surface area is 150 Å². The summed E-state index contributed by atoms with van der Waals surface area (Å²) in [5, 5.41) is 4.88. The van der Waals surface area contributed by atoms with Crippen LogP contribution in [0.5, 0.6) is 0 Å². The zero-order valence-corrected chi connectivity index (χ0v) is 14.3. The predicted octanol–water partition coefficient (Wildman–Crippen LogP) is 2.36. The summed E-state index contributed by atoms with van der Waals surface area (Å²) in [5.41, 5.74) is 1.64. The van der Waals surface area contributed by atoms with Gasteiger partial charge in [-0.05, 0) is 31.7 Å². The first-order valence-corrected chi connectivity index (χ1v) is 9.07. The number of hydrogen-bond acceptors (Lipinski definition) is 6. The van der Waals surface area contributed by atoms with Crippen LogP contribution in [0.4, 0.5) is 10.6 Å². The Hall–Kier alpha value is -2.90. The molecule has 8 heteroatoms. The Kier molecular flexibility index (Phi) is 3.62. The first-order chi connectivity index (χ1) is 12.8. The number of nitrogens with zero attached hydrogens (tertiary/aromatic N) is 4. The van der Waals surface area contributed by atoms with Gasteiger partial charge in [-0.25, -0.2) is 19.7 Å². The van der Waals surface area contributed by atoms with Crippen molar-refractivity contribution < 1.29 is 9.53 Å². The minimum absolute atomic E-state index is 0.129. The van der Waals surface area contributed by atoms with Gasteiger partial charge in [0.15, 0.2) is 0 Å². The number of aromatic amines is 1. The van der Waals surface area contributed by atoms with Crippen molar-refractivity contribution in [1.82, 2.24) is 25.3 Å². The van der Waals surface area contributed by atoms with E-state index in [4.69, 9.17) is 4.74 Å². The van der Waals surface area contributed by atoms with Gasteiger partial charge in [0.2, 0.25) is 0 Å². The lowest BCUT2D eigenvalue weighted by molar-refractivity contribution is 0.0879. The third-order valence-corrected chi connectivity index (χ3v) is 5.02. The molecular formula is C18H20N6O2. The fraction of sp³-hybridized carbons (Fsp3) is 0.444. The third-order valence-electron chi connectivity index (χ3n) is 5.02. The Morgan fingerprint density at radius 3 is 3.08 bits per heavy atom. The van der Waals surface area contributed by atoms with Gasteiger partial charge in [-0.1, -0.05) is 0 Å². The zero-order valence-electron chi connectivity index (χ0n) is 14.3. The van der Waals surface area contributed by atoms with Crippen molar-refractivity contribution in [3.8, 4) is 0 Å². The van der Waals surface area contributed by atoms with Crippen LogP contribution in [-0.4, -0.2) is 51.3 Å². The van der Waals surface area contributed by atoms with Gasteiger partial charge in [0, 0.05) is 24.2 Å². The maximum Gasteiger partial charge on any atom is 0.407 e. The number of rotatable bonds is 3. The van der Waals surface area contributed by atoms with E-state index in [9.17, 15) is 4.79 Å². The van der Waals surface area contributed by atoms with E-state index in [0.29, 0.717) is 12.6 Å². The number of fused-ring (bicyclic) bond motifs is 3. The van der Waals surface area contributed by atoms with Crippen molar-refractivity contribution in [2.24, 2.45) is 0 Å². The van der Waals surface area contributed by atoms with Gasteiger partial charge in [-0.3, -0.25) is 0 Å². The average molecular weight is 352 g/mol. The van der Waals surface area contributed by atoms with E-state index >= 15 is 0 Å². The Bertz CT molecular complexity index is 967. The molecule has 26 heavy (non-hydrogen) atoms. The Morgan fingerprint density at radius 2 is 2.19 bits per heavy atom. The highest BCUT2D eigenvalue weighted by Crippen LogP contribution is 2.31. The Balaban J connectivity index is 1.43. The summed E-state index contributed by atoms with van der Waals surface area (Å²) >= 11 is 0. The van der Waals surface area contributed by atoms with Crippen molar-refractivity contribution in [2.75, 3.05) is 18.0 Å². The van der Waals surface area contributed by atoms with E-state index in [1.807, 2.05) is 12.3 Å². The van der Waals surface area contributed by atoms with Crippen molar-refractivity contribution >= 4 is 33.8 Å². The molecule has 3 aromatic heterocycles. The van der Waals surface area contributed by atoms with Crippen LogP contribution in [0.25, 0.3) is 21.9 Å². The fourth-order valence-electron chi connectivity index (χ4n) is 3.59. The molecule has 0 spiro atoms. The molecule has 2 N–H and O–H groups in total. The first-order valence-electron chi connectivity index (χ1n) is 9.07. The average Bonchev–Trinajstić information content (AvgIpc) is 3.33. The van der Waals surface area contributed by atoms with Gasteiger partial charge in [-0.2, -0.15) is 0 Å². The number of pyridine rings is 1. The molecule has 1 saturated carbocycles. The number of nitrogens with one attached hydrogen (secondary N) is 2. The molecule has 134 valence electrons. The lowest BCUT2D eigenvalue weighted by atomic mass is 10.1. The number of alkyl carbamates (subject to hydrolysis) is 1. The van der Waals surface area contributed by atoms with Crippen molar-refractivity contribution in [3.63, 3.8) is 0 Å². The molecule has 1 amide bonds. The molecule has 0 bridgehead atoms. The van der Waals surface area contributed by atoms with Crippen LogP contribution in [0.3, 0.4) is 0 Å². The van der Waals surface area contributed by atoms with Gasteiger partial charge < -0.3 is 19.9 Å². The number of carbonyl (C=O) groups is 1. The molecule has 1 unspecified atom stereocenters. The van der Waals surface area contributed by atoms with Gasteiger partial charge in [0.1, 0.15) is 23.9 Å². The van der Waals surface area contributed by atoms with E-state index in [0.717, 1.165) is 60.0 Å². The second-order valence-corrected chi connectivity index (χ2v) is 6.99. The van der Waals surface area contributed by atoms with Crippen LogP contribution in [0.2, 0.25) is 0 Å². The number of ether oxygens (including phenoxy) is 1. The number of carbonyl (C=O) groups excluding carboxylic acids is 1. The standard InChI is InChI=1S/C18H20N6O2/c25-18(23-11-3-4-11)26-12-2-1-7-24(9-12)17-15-13-5-6-19-16(13)20-8-14(15)21-10-22-17/h5-6,8,10-12H,1-4,7,9H2,(H,19,20)(H,23,25). The molecular weight excluding hydrogens is 332 g/mol. The van der Waals surface area contributed by atoms with Crippen LogP contribution >= 0.6 is 0 Å². The maximum absolute atomic E-state index is 12.0. The summed E-state index contributed by atoms with van der Waals surface area (Å²) in [7, 11) is 0. The minimum Gasteiger partial charge on any atom is -0.444 e. The smallest absolute Gasteiger partial charge is 0.407 e. The van der Waals surface area contributed by atoms with Gasteiger partial charge in [0.25, 0.3) is 0 Å². The highest BCUT2D eigenvalue weighted by Gasteiger charge is 2.28. The van der Waals surface area contributed by atoms with Gasteiger partial charge in [-0.15, -0.1) is 0 Å². The van der Waals surface area contributed by atoms with Gasteiger partial charge in [0.05, 0.1) is 23.6 Å². The normalized spacial score (nSPS) is 20.5. The second-order valence-electron chi connectivity index (χ2n) is 6.99. The second kappa shape index (κ2) is 6.12. The van der Waals surface area contributed by atoms with E-state index in [1.165, 1.54) is 0 Å². The first kappa shape index (κ1) is 15.4. The highest BCUT2D eigenvalue weighted by atomic mass is 16.6. The summed E-state index contributed by atoms with van der Waals surface area (Å²) in [4.78, 5) is 30.6. The van der Waals surface area contributed by atoms with Crippen molar-refractivity contribution in [1.29, 1.82) is 0 Å². The number of aromatic nitrogens is 4. The predicted molar refractivity (Wildman–Crippen MR) is 97.1 cm³/mol. The van der Waals surface area contributed by atoms with E-state index in [-0.39, 0.29) is 12.2 Å². The molecule has 2 aliphatic rings. The largest absolute Gasteiger partial charge is 0.444 e. The summed E-state index contributed by atoms with van der Waals surface area (Å²) in [6, 6.07) is 2.31. The molecule has 1 aliphatic carbocycles. The maximum atomic E-state index is 12.0. The third kappa shape index (κ3) is 2.81. The van der Waals surface area contributed by atoms with E-state index in [1.54, 1.807) is 12.5 Å². The van der Waals surface area contributed by atoms with Crippen LogP contribution < -0.4 is 10.2 Å². The van der Waals surface area contributed by atoms with Crippen molar-refractivity contribution in [3.05, 3.63) is 24.8 Å². The zero-order chi connectivity index (χ0) is 17.5. The molecule has 1 aliphatic heterocycles. The number of amides is 1. The molecule has 1 atom stereocenters. The van der Waals surface area contributed by atoms with Crippen LogP contribution in [0.1, 0.15) is 25.7 Å². The van der Waals surface area contributed by atoms with Crippen molar-refractivity contribution in [2.45, 2.75) is 37.8 Å². The topological polar surface area (TPSA) is 96.0 Å². The minimum atomic E-state index is -0.302. The molecule has 3 aromatic rings. The highest BCUT2D eigenvalue weighted by molar-refractivity contribution is 6.08. The van der Waals surface area contributed by atoms with E-state index in [2.05, 4.69) is 30.2 Å². The lowest BCUT2D eigenvalue weighted by Gasteiger charge is -2.33. The fourth-order valence-corrected chi connectivity index (χ4v) is 3.59. The molecule has 1 saturated heterocycles. The number of anilines is 1. The van der Waals surface area contributed by atoms with Crippen LogP contribution in [0.15, 0.2) is 24.8 Å². The quantitative estimate of drug-likeness (QED) is 0.751. The Morgan fingerprint density at radius 1 is 1.27 bits per heavy atom. The monoisotopic (exact) mass is 352 g/mol. The molecule has 0 radical (unpaired) electrons. The molecule has 2 fully saturated rings. The van der Waals surface area contributed by atoms with Crippen LogP contribution in [0, 0.1) is 0 Å². The summed E-state index contributed by atoms with van der Waals surface area (Å²) < 4.78 is 5.62. The number of H-pyrrole nitrogens is 1. The van der Waals surface area contributed by atoms with Gasteiger partial charge >= 0.3 is 6.09 Å². The lowest BCUT2D eigenvalue weighted by Crippen LogP contribution is -2.43. The molecule has 0 aromatic carbocycles. The SMILES string of the molecule is O=C(NC1CC1)OC1CCCN(c2ncnc3cnc4[nH]ccc4c23)C1. The number of piperidine rings is 1. The summed E-state index contributed by atoms with van der Waals surface area (Å²) in [5.74, 6) is 0.873. The molecule has 5 rings (SSSR count). The number of hydrogen-bond donors (Lipinski definition) is 2. The molecule has 4 heterocycles. The summed E-state index contributed by atoms with van der Waals surface area (Å²) in [6.07, 6.45) is 8.72. The summed E-state index contributed by atoms with van der Waals surface area (Å²) in [6.45, 7) is 1.52.